The fourth-order valence-electron chi connectivity index (χ4n) is 5.24. The molecule has 16 N–H and O–H groups in total. The molecule has 3 amide bonds. The maximum atomic E-state index is 13.9. The van der Waals surface area contributed by atoms with E-state index in [1.807, 2.05) is 0 Å². The predicted octanol–water partition coefficient (Wildman–Crippen LogP) is -6.33. The molecule has 1 saturated heterocycles. The Kier molecular flexibility index (Phi) is 7.14. The number of aliphatic hydroxyl groups is 10. The molecule has 5 rings (SSSR count). The lowest BCUT2D eigenvalue weighted by Crippen LogP contribution is -2.88. The zero-order valence-corrected chi connectivity index (χ0v) is 23.8. The molecule has 0 aliphatic carbocycles. The van der Waals surface area contributed by atoms with Crippen LogP contribution in [0, 0.1) is 0 Å². The second-order valence-corrected chi connectivity index (χ2v) is 10.6. The van der Waals surface area contributed by atoms with Crippen LogP contribution >= 0.6 is 0 Å². The number of methoxy groups -OCH3 is 1. The molecule has 3 aromatic rings. The second kappa shape index (κ2) is 10.1. The first-order valence-corrected chi connectivity index (χ1v) is 12.9. The van der Waals surface area contributed by atoms with Crippen LogP contribution in [0.3, 0.4) is 0 Å². The average Bonchev–Trinajstić information content (AvgIpc) is 3.37. The van der Waals surface area contributed by atoms with Crippen LogP contribution in [0.4, 0.5) is 11.4 Å². The summed E-state index contributed by atoms with van der Waals surface area (Å²) in [4.78, 5) is 37.6. The number of primary amides is 1. The maximum absolute atomic E-state index is 13.9. The Bertz CT molecular complexity index is 1870. The Morgan fingerprint density at radius 2 is 1.27 bits per heavy atom. The summed E-state index contributed by atoms with van der Waals surface area (Å²) < 4.78 is 5.85. The Morgan fingerprint density at radius 1 is 0.792 bits per heavy atom. The van der Waals surface area contributed by atoms with Crippen LogP contribution in [0.15, 0.2) is 24.3 Å². The molecule has 0 radical (unpaired) electrons. The minimum Gasteiger partial charge on any atom is -0.503 e. The highest BCUT2D eigenvalue weighted by Gasteiger charge is 2.81. The molecular weight excluding hydrogens is 658 g/mol. The van der Waals surface area contributed by atoms with Crippen molar-refractivity contribution < 1.29 is 90.6 Å². The van der Waals surface area contributed by atoms with Crippen LogP contribution in [0.1, 0.15) is 26.5 Å². The van der Waals surface area contributed by atoms with E-state index < -0.39 is 110 Å². The van der Waals surface area contributed by atoms with E-state index in [1.54, 1.807) is 0 Å². The Balaban J connectivity index is 1.75. The van der Waals surface area contributed by atoms with Crippen molar-refractivity contribution in [1.82, 2.24) is 9.78 Å². The summed E-state index contributed by atoms with van der Waals surface area (Å²) in [5, 5.41) is 150. The van der Waals surface area contributed by atoms with E-state index in [0.717, 1.165) is 4.68 Å². The van der Waals surface area contributed by atoms with Crippen LogP contribution in [0.25, 0.3) is 5.69 Å². The molecule has 1 fully saturated rings. The number of carbonyl (C=O) groups is 3. The summed E-state index contributed by atoms with van der Waals surface area (Å²) in [5.74, 6) is -36.5. The number of fused-ring (bicyclic) bond motifs is 1. The van der Waals surface area contributed by atoms with Crippen molar-refractivity contribution in [3.8, 4) is 34.4 Å². The summed E-state index contributed by atoms with van der Waals surface area (Å²) in [6, 6.07) is 5.46. The number of hydrogen-bond donors (Lipinski definition) is 15. The normalized spacial score (nSPS) is 20.4. The van der Waals surface area contributed by atoms with Crippen molar-refractivity contribution in [2.45, 2.75) is 35.6 Å². The van der Waals surface area contributed by atoms with Gasteiger partial charge < -0.3 is 82.0 Å². The first kappa shape index (κ1) is 34.0. The van der Waals surface area contributed by atoms with Gasteiger partial charge in [0.1, 0.15) is 22.8 Å². The number of phenols is 4. The number of amides is 3. The molecule has 0 saturated carbocycles. The van der Waals surface area contributed by atoms with Gasteiger partial charge >= 0.3 is 17.5 Å². The third-order valence-electron chi connectivity index (χ3n) is 7.76. The number of nitrogens with two attached hydrogens (primary N) is 1. The third kappa shape index (κ3) is 4.12. The van der Waals surface area contributed by atoms with Gasteiger partial charge in [0.15, 0.2) is 28.7 Å². The van der Waals surface area contributed by atoms with Crippen molar-refractivity contribution in [3.63, 3.8) is 0 Å². The topological polar surface area (TPSA) is 394 Å². The number of carbonyl (C=O) groups excluding carboxylic acids is 3. The van der Waals surface area contributed by atoms with Crippen molar-refractivity contribution in [2.24, 2.45) is 5.73 Å². The first-order chi connectivity index (χ1) is 21.9. The highest BCUT2D eigenvalue weighted by atomic mass is 16.7. The number of piperidine rings is 1. The lowest BCUT2D eigenvalue weighted by atomic mass is 9.85. The molecule has 23 heteroatoms. The second-order valence-electron chi connectivity index (χ2n) is 10.6. The van der Waals surface area contributed by atoms with Gasteiger partial charge in [-0.3, -0.25) is 14.4 Å². The number of phenolic OH excluding ortho intramolecular Hbond substituents is 4. The summed E-state index contributed by atoms with van der Waals surface area (Å²) in [6.45, 7) is 0. The van der Waals surface area contributed by atoms with Crippen molar-refractivity contribution in [2.75, 3.05) is 16.9 Å². The van der Waals surface area contributed by atoms with E-state index in [9.17, 15) is 85.9 Å². The smallest absolute Gasteiger partial charge is 0.316 e. The van der Waals surface area contributed by atoms with Crippen LogP contribution in [0.2, 0.25) is 0 Å². The molecule has 258 valence electrons. The Morgan fingerprint density at radius 3 is 1.73 bits per heavy atom. The molecule has 3 heterocycles. The van der Waals surface area contributed by atoms with Gasteiger partial charge in [0, 0.05) is 5.56 Å². The number of ether oxygens (including phenoxy) is 1. The lowest BCUT2D eigenvalue weighted by molar-refractivity contribution is -0.505. The van der Waals surface area contributed by atoms with Crippen LogP contribution < -0.4 is 20.3 Å². The van der Waals surface area contributed by atoms with E-state index >= 15 is 0 Å². The van der Waals surface area contributed by atoms with Crippen molar-refractivity contribution in [1.29, 1.82) is 0 Å². The molecule has 0 spiro atoms. The van der Waals surface area contributed by atoms with E-state index in [1.165, 1.54) is 31.4 Å². The molecule has 1 aromatic heterocycles. The predicted molar refractivity (Wildman–Crippen MR) is 146 cm³/mol. The van der Waals surface area contributed by atoms with Gasteiger partial charge in [-0.05, 0) is 24.3 Å². The average molecular weight is 683 g/mol. The molecule has 0 unspecified atom stereocenters. The van der Waals surface area contributed by atoms with Gasteiger partial charge in [0.2, 0.25) is 0 Å². The number of aromatic hydroxyl groups is 4. The number of benzene rings is 2. The number of hydrogen-bond acceptors (Lipinski definition) is 19. The molecular formula is C25H25N5O18. The SMILES string of the molecule is COc1ccc(-n2nc(C(N)=O)c3c2C(=O)N(c2c(O)c(O)c(N4C(=O)C(O)(O)C(O)(O)C(O)(O)C4(O)O)c(O)c2O)C(O)(O)C3)cc1. The minimum absolute atomic E-state index is 0.0355. The van der Waals surface area contributed by atoms with Gasteiger partial charge in [0.05, 0.1) is 19.2 Å². The van der Waals surface area contributed by atoms with Gasteiger partial charge in [-0.1, -0.05) is 0 Å². The zero-order chi connectivity index (χ0) is 36.3. The van der Waals surface area contributed by atoms with Crippen LogP contribution in [-0.2, 0) is 11.2 Å². The summed E-state index contributed by atoms with van der Waals surface area (Å²) in [7, 11) is 1.34. The molecule has 23 nitrogen and oxygen atoms in total. The van der Waals surface area contributed by atoms with Gasteiger partial charge in [0.25, 0.3) is 29.4 Å². The van der Waals surface area contributed by atoms with Gasteiger partial charge in [-0.15, -0.1) is 0 Å². The lowest BCUT2D eigenvalue weighted by Gasteiger charge is -2.55. The number of nitrogens with zero attached hydrogens (tertiary/aromatic N) is 4. The zero-order valence-electron chi connectivity index (χ0n) is 23.8. The molecule has 2 aliphatic rings. The largest absolute Gasteiger partial charge is 0.503 e. The first-order valence-electron chi connectivity index (χ1n) is 12.9. The molecule has 2 aromatic carbocycles. The van der Waals surface area contributed by atoms with E-state index in [-0.39, 0.29) is 10.6 Å². The summed E-state index contributed by atoms with van der Waals surface area (Å²) in [6.07, 6.45) is -1.17. The summed E-state index contributed by atoms with van der Waals surface area (Å²) in [5.41, 5.74) is 0.0263. The van der Waals surface area contributed by atoms with Crippen LogP contribution in [0.5, 0.6) is 28.7 Å². The van der Waals surface area contributed by atoms with Crippen molar-refractivity contribution in [3.05, 3.63) is 41.2 Å². The van der Waals surface area contributed by atoms with Gasteiger partial charge in [-0.25, -0.2) is 14.5 Å². The standard InChI is InChI=1S/C25H25N5O18/c1-48-8-4-2-7(3-5-8)30-11-9(10(27-30)18(26)35)6-21(38,39)28(19(11)36)12-14(31)16(33)13(17(34)15(12)32)29-20(37)22(40,41)23(42,43)24(44,45)25(29,46)47/h2-5,31-34,38-47H,6H2,1H3,(H2,26,35). The number of anilines is 2. The quantitative estimate of drug-likeness (QED) is 0.0675. The van der Waals surface area contributed by atoms with E-state index in [4.69, 9.17) is 10.5 Å². The molecule has 48 heavy (non-hydrogen) atoms. The highest BCUT2D eigenvalue weighted by Crippen LogP contribution is 2.60. The Labute approximate surface area is 263 Å². The highest BCUT2D eigenvalue weighted by molar-refractivity contribution is 6.13. The van der Waals surface area contributed by atoms with E-state index in [0.29, 0.717) is 5.75 Å². The fourth-order valence-corrected chi connectivity index (χ4v) is 5.24. The van der Waals surface area contributed by atoms with Gasteiger partial charge in [-0.2, -0.15) is 5.10 Å². The molecule has 2 aliphatic heterocycles. The van der Waals surface area contributed by atoms with Crippen LogP contribution in [-0.4, -0.2) is 135 Å². The fraction of sp³-hybridized carbons (Fsp3) is 0.280. The number of aromatic nitrogens is 2. The minimum atomic E-state index is -5.00. The monoisotopic (exact) mass is 683 g/mol. The van der Waals surface area contributed by atoms with Crippen molar-refractivity contribution >= 4 is 29.1 Å². The summed E-state index contributed by atoms with van der Waals surface area (Å²) >= 11 is 0. The maximum Gasteiger partial charge on any atom is 0.316 e. The Hall–Kier alpha value is -5.34. The molecule has 0 bridgehead atoms. The van der Waals surface area contributed by atoms with E-state index in [2.05, 4.69) is 5.10 Å². The molecule has 0 atom stereocenters. The third-order valence-corrected chi connectivity index (χ3v) is 7.76. The number of rotatable bonds is 5.